The van der Waals surface area contributed by atoms with E-state index in [2.05, 4.69) is 46.6 Å². The van der Waals surface area contributed by atoms with Crippen LogP contribution in [0.2, 0.25) is 0 Å². The highest BCUT2D eigenvalue weighted by molar-refractivity contribution is 5.16. The van der Waals surface area contributed by atoms with Gasteiger partial charge in [-0.2, -0.15) is 0 Å². The highest BCUT2D eigenvalue weighted by Crippen LogP contribution is 2.43. The van der Waals surface area contributed by atoms with Crippen molar-refractivity contribution in [3.8, 4) is 0 Å². The number of hydrogen-bond donors (Lipinski definition) is 1. The Kier molecular flexibility index (Phi) is 3.77. The van der Waals surface area contributed by atoms with E-state index in [1.54, 1.807) is 6.26 Å². The molecule has 0 aliphatic carbocycles. The smallest absolute Gasteiger partial charge is 0.0947 e. The summed E-state index contributed by atoms with van der Waals surface area (Å²) in [5, 5.41) is 3.64. The van der Waals surface area contributed by atoms with Gasteiger partial charge in [-0.05, 0) is 36.9 Å². The molecule has 1 aromatic heterocycles. The maximum atomic E-state index is 5.21. The Hall–Kier alpha value is -1.58. The van der Waals surface area contributed by atoms with Gasteiger partial charge in [-0.15, -0.1) is 0 Å². The molecule has 2 aliphatic heterocycles. The minimum Gasteiger partial charge on any atom is -0.472 e. The van der Waals surface area contributed by atoms with Crippen LogP contribution in [-0.4, -0.2) is 31.1 Å². The molecular weight excluding hydrogens is 272 g/mol. The normalized spacial score (nSPS) is 28.1. The molecule has 3 heterocycles. The first-order valence-corrected chi connectivity index (χ1v) is 8.32. The van der Waals surface area contributed by atoms with E-state index in [-0.39, 0.29) is 0 Å². The molecule has 4 rings (SSSR count). The molecule has 2 unspecified atom stereocenters. The van der Waals surface area contributed by atoms with Crippen LogP contribution in [0.15, 0.2) is 53.3 Å². The van der Waals surface area contributed by atoms with E-state index in [1.807, 2.05) is 6.26 Å². The van der Waals surface area contributed by atoms with Crippen LogP contribution in [0.5, 0.6) is 0 Å². The molecule has 2 atom stereocenters. The zero-order valence-electron chi connectivity index (χ0n) is 13.0. The molecule has 1 N–H and O–H groups in total. The zero-order chi connectivity index (χ0) is 14.8. The summed E-state index contributed by atoms with van der Waals surface area (Å²) in [6.45, 7) is 5.80. The van der Waals surface area contributed by atoms with Crippen molar-refractivity contribution < 1.29 is 4.42 Å². The van der Waals surface area contributed by atoms with Gasteiger partial charge in [-0.3, -0.25) is 4.90 Å². The number of nitrogens with one attached hydrogen (secondary N) is 1. The molecule has 0 spiro atoms. The van der Waals surface area contributed by atoms with Gasteiger partial charge in [0.2, 0.25) is 0 Å². The fourth-order valence-corrected chi connectivity index (χ4v) is 4.29. The van der Waals surface area contributed by atoms with Crippen molar-refractivity contribution in [3.63, 3.8) is 0 Å². The Morgan fingerprint density at radius 3 is 2.91 bits per heavy atom. The van der Waals surface area contributed by atoms with Gasteiger partial charge in [-0.1, -0.05) is 30.3 Å². The quantitative estimate of drug-likeness (QED) is 0.919. The fraction of sp³-hybridized carbons (Fsp3) is 0.474. The van der Waals surface area contributed by atoms with E-state index in [0.717, 1.165) is 12.5 Å². The van der Waals surface area contributed by atoms with Crippen molar-refractivity contribution in [1.29, 1.82) is 0 Å². The number of rotatable bonds is 5. The van der Waals surface area contributed by atoms with Gasteiger partial charge in [0, 0.05) is 37.2 Å². The van der Waals surface area contributed by atoms with E-state index >= 15 is 0 Å². The zero-order valence-corrected chi connectivity index (χ0v) is 13.0. The molecule has 22 heavy (non-hydrogen) atoms. The number of fused-ring (bicyclic) bond motifs is 1. The molecule has 2 saturated heterocycles. The average molecular weight is 296 g/mol. The largest absolute Gasteiger partial charge is 0.472 e. The minimum atomic E-state index is 0.458. The third-order valence-electron chi connectivity index (χ3n) is 5.49. The predicted octanol–water partition coefficient (Wildman–Crippen LogP) is 2.93. The van der Waals surface area contributed by atoms with Crippen LogP contribution in [0, 0.1) is 11.3 Å². The highest BCUT2D eigenvalue weighted by Gasteiger charge is 2.48. The Morgan fingerprint density at radius 1 is 1.18 bits per heavy atom. The number of benzene rings is 1. The Bertz CT molecular complexity index is 595. The molecule has 2 aromatic rings. The van der Waals surface area contributed by atoms with E-state index < -0.39 is 0 Å². The first-order valence-electron chi connectivity index (χ1n) is 8.32. The summed E-state index contributed by atoms with van der Waals surface area (Å²) in [6, 6.07) is 13.0. The van der Waals surface area contributed by atoms with Gasteiger partial charge >= 0.3 is 0 Å². The van der Waals surface area contributed by atoms with Gasteiger partial charge in [0.25, 0.3) is 0 Å². The first kappa shape index (κ1) is 14.0. The minimum absolute atomic E-state index is 0.458. The summed E-state index contributed by atoms with van der Waals surface area (Å²) in [7, 11) is 0. The third kappa shape index (κ3) is 2.71. The van der Waals surface area contributed by atoms with Gasteiger partial charge in [-0.25, -0.2) is 0 Å². The third-order valence-corrected chi connectivity index (χ3v) is 5.49. The van der Waals surface area contributed by atoms with E-state index in [0.29, 0.717) is 5.41 Å². The second-order valence-corrected chi connectivity index (χ2v) is 6.98. The van der Waals surface area contributed by atoms with Crippen LogP contribution in [0.1, 0.15) is 17.5 Å². The Morgan fingerprint density at radius 2 is 2.09 bits per heavy atom. The molecule has 0 saturated carbocycles. The Balaban J connectivity index is 1.42. The van der Waals surface area contributed by atoms with Crippen molar-refractivity contribution in [3.05, 3.63) is 60.1 Å². The van der Waals surface area contributed by atoms with Crippen molar-refractivity contribution in [1.82, 2.24) is 10.2 Å². The van der Waals surface area contributed by atoms with E-state index in [9.17, 15) is 0 Å². The van der Waals surface area contributed by atoms with Gasteiger partial charge in [0.1, 0.15) is 0 Å². The average Bonchev–Trinajstić information content (AvgIpc) is 3.23. The van der Waals surface area contributed by atoms with E-state index in [4.69, 9.17) is 4.42 Å². The summed E-state index contributed by atoms with van der Waals surface area (Å²) in [5.74, 6) is 0.795. The van der Waals surface area contributed by atoms with Crippen LogP contribution in [0.4, 0.5) is 0 Å². The molecule has 0 radical (unpaired) electrons. The van der Waals surface area contributed by atoms with Crippen LogP contribution in [-0.2, 0) is 13.0 Å². The lowest BCUT2D eigenvalue weighted by molar-refractivity contribution is 0.237. The van der Waals surface area contributed by atoms with Crippen LogP contribution >= 0.6 is 0 Å². The lowest BCUT2D eigenvalue weighted by atomic mass is 9.76. The molecule has 0 amide bonds. The highest BCUT2D eigenvalue weighted by atomic mass is 16.3. The summed E-state index contributed by atoms with van der Waals surface area (Å²) < 4.78 is 5.21. The van der Waals surface area contributed by atoms with Crippen LogP contribution in [0.25, 0.3) is 0 Å². The SMILES string of the molecule is c1ccc(CCC23CNCC2CN(Cc2ccoc2)C3)cc1. The molecule has 116 valence electrons. The maximum Gasteiger partial charge on any atom is 0.0947 e. The van der Waals surface area contributed by atoms with E-state index in [1.165, 1.54) is 50.1 Å². The lowest BCUT2D eigenvalue weighted by Gasteiger charge is -2.28. The number of aryl methyl sites for hydroxylation is 1. The number of hydrogen-bond acceptors (Lipinski definition) is 3. The molecule has 0 bridgehead atoms. The van der Waals surface area contributed by atoms with Crippen molar-refractivity contribution >= 4 is 0 Å². The first-order chi connectivity index (χ1) is 10.8. The molecule has 3 nitrogen and oxygen atoms in total. The topological polar surface area (TPSA) is 28.4 Å². The summed E-state index contributed by atoms with van der Waals surface area (Å²) >= 11 is 0. The van der Waals surface area contributed by atoms with Crippen LogP contribution < -0.4 is 5.32 Å². The van der Waals surface area contributed by atoms with Crippen molar-refractivity contribution in [2.24, 2.45) is 11.3 Å². The van der Waals surface area contributed by atoms with Gasteiger partial charge < -0.3 is 9.73 Å². The lowest BCUT2D eigenvalue weighted by Crippen LogP contribution is -2.33. The maximum absolute atomic E-state index is 5.21. The summed E-state index contributed by atoms with van der Waals surface area (Å²) in [5.41, 5.74) is 3.22. The van der Waals surface area contributed by atoms with Gasteiger partial charge in [0.15, 0.2) is 0 Å². The second-order valence-electron chi connectivity index (χ2n) is 6.98. The summed E-state index contributed by atoms with van der Waals surface area (Å²) in [6.07, 6.45) is 6.14. The standard InChI is InChI=1S/C19H24N2O/c1-2-4-16(5-3-1)6-8-19-14-20-10-18(19)12-21(15-19)11-17-7-9-22-13-17/h1-5,7,9,13,18,20H,6,8,10-12,14-15H2. The molecule has 2 aliphatic rings. The second kappa shape index (κ2) is 5.90. The number of furan rings is 1. The van der Waals surface area contributed by atoms with Crippen molar-refractivity contribution in [2.75, 3.05) is 26.2 Å². The summed E-state index contributed by atoms with van der Waals surface area (Å²) in [4.78, 5) is 2.61. The molecule has 1 aromatic carbocycles. The van der Waals surface area contributed by atoms with Crippen LogP contribution in [0.3, 0.4) is 0 Å². The van der Waals surface area contributed by atoms with Crippen molar-refractivity contribution in [2.45, 2.75) is 19.4 Å². The molecular formula is C19H24N2O. The predicted molar refractivity (Wildman–Crippen MR) is 87.5 cm³/mol. The number of likely N-dealkylation sites (tertiary alicyclic amines) is 1. The monoisotopic (exact) mass is 296 g/mol. The number of nitrogens with zero attached hydrogens (tertiary/aromatic N) is 1. The fourth-order valence-electron chi connectivity index (χ4n) is 4.29. The molecule has 2 fully saturated rings. The molecule has 3 heteroatoms. The van der Waals surface area contributed by atoms with Gasteiger partial charge in [0.05, 0.1) is 12.5 Å². The Labute approximate surface area is 132 Å².